The Labute approximate surface area is 324 Å². The largest absolute Gasteiger partial charge is 0.586 e. The van der Waals surface area contributed by atoms with Gasteiger partial charge in [-0.3, -0.25) is 0 Å². The van der Waals surface area contributed by atoms with E-state index in [-0.39, 0.29) is 45.6 Å². The van der Waals surface area contributed by atoms with Gasteiger partial charge in [-0.15, -0.1) is 17.6 Å². The lowest BCUT2D eigenvalue weighted by Gasteiger charge is -2.28. The van der Waals surface area contributed by atoms with E-state index in [9.17, 15) is 0 Å². The van der Waals surface area contributed by atoms with Gasteiger partial charge in [-0.1, -0.05) is 119 Å². The highest BCUT2D eigenvalue weighted by atomic mass is 31.1. The van der Waals surface area contributed by atoms with Crippen molar-refractivity contribution in [2.45, 2.75) is 40.3 Å². The van der Waals surface area contributed by atoms with Crippen LogP contribution in [0, 0.1) is 27.7 Å². The molecule has 2 heterocycles. The van der Waals surface area contributed by atoms with Gasteiger partial charge in [-0.25, -0.2) is 0 Å². The number of hydrogen-bond donors (Lipinski definition) is 0. The summed E-state index contributed by atoms with van der Waals surface area (Å²) >= 11 is 0. The summed E-state index contributed by atoms with van der Waals surface area (Å²) in [5, 5.41) is 4.38. The third kappa shape index (κ3) is 6.90. The zero-order valence-corrected chi connectivity index (χ0v) is 33.0. The Bertz CT molecular complexity index is 2180. The van der Waals surface area contributed by atoms with Gasteiger partial charge in [-0.2, -0.15) is 0 Å². The lowest BCUT2D eigenvalue weighted by atomic mass is 10.0. The normalized spacial score (nSPS) is 14.7. The molecule has 0 N–H and O–H groups in total. The molecule has 0 atom stereocenters. The van der Waals surface area contributed by atoms with E-state index in [0.29, 0.717) is 10.6 Å². The molecule has 0 aliphatic carbocycles. The fourth-order valence-electron chi connectivity index (χ4n) is 6.88. The predicted octanol–water partition coefficient (Wildman–Crippen LogP) is 8.76. The number of methoxy groups -OCH3 is 2. The summed E-state index contributed by atoms with van der Waals surface area (Å²) in [6, 6.07) is 34.9. The Hall–Kier alpha value is -5.30. The second-order valence-corrected chi connectivity index (χ2v) is 18.0. The molecule has 2 aliphatic heterocycles. The van der Waals surface area contributed by atoms with Crippen LogP contribution in [0.15, 0.2) is 109 Å². The molecule has 6 aromatic carbocycles. The fraction of sp³-hybridized carbons (Fsp3) is 0.182. The van der Waals surface area contributed by atoms with Crippen LogP contribution in [-0.2, 0) is 0 Å². The molecule has 0 unspecified atom stereocenters. The maximum absolute atomic E-state index is 15.5. The minimum absolute atomic E-state index is 0.0174. The van der Waals surface area contributed by atoms with Gasteiger partial charge in [0.25, 0.3) is 0 Å². The van der Waals surface area contributed by atoms with Crippen LogP contribution in [0.1, 0.15) is 22.3 Å². The maximum atomic E-state index is 15.5. The summed E-state index contributed by atoms with van der Waals surface area (Å²) in [7, 11) is -0.570. The van der Waals surface area contributed by atoms with E-state index in [4.69, 9.17) is 28.4 Å². The zero-order chi connectivity index (χ0) is 39.5. The highest BCUT2D eigenvalue weighted by Crippen LogP contribution is 2.60. The second-order valence-electron chi connectivity index (χ2n) is 13.6. The number of ether oxygens (including phenoxy) is 6. The van der Waals surface area contributed by atoms with Crippen molar-refractivity contribution < 1.29 is 46.0 Å². The maximum Gasteiger partial charge on any atom is 0.586 e. The molecule has 6 nitrogen and oxygen atoms in total. The van der Waals surface area contributed by atoms with Crippen LogP contribution < -0.4 is 60.2 Å². The molecule has 286 valence electrons. The molecule has 0 aromatic heterocycles. The summed E-state index contributed by atoms with van der Waals surface area (Å²) in [4.78, 5) is 0. The topological polar surface area (TPSA) is 55.4 Å². The van der Waals surface area contributed by atoms with Crippen LogP contribution in [0.5, 0.6) is 34.5 Å². The fourth-order valence-corrected chi connectivity index (χ4v) is 11.7. The van der Waals surface area contributed by atoms with Crippen LogP contribution in [-0.4, -0.2) is 26.8 Å². The minimum Gasteiger partial charge on any atom is -0.493 e. The van der Waals surface area contributed by atoms with Gasteiger partial charge in [0.1, 0.15) is 0 Å². The number of rotatable bonds is 9. The van der Waals surface area contributed by atoms with Gasteiger partial charge in [0.2, 0.25) is 11.5 Å². The number of benzene rings is 6. The third-order valence-corrected chi connectivity index (χ3v) is 14.5. The molecule has 0 saturated heterocycles. The molecule has 12 heteroatoms. The smallest absolute Gasteiger partial charge is 0.493 e. The average molecular weight is 799 g/mol. The Kier molecular flexibility index (Phi) is 9.62. The van der Waals surface area contributed by atoms with Crippen molar-refractivity contribution >= 4 is 47.7 Å². The average Bonchev–Trinajstić information content (AvgIpc) is 3.68. The van der Waals surface area contributed by atoms with Crippen LogP contribution in [0.25, 0.3) is 11.1 Å². The predicted molar refractivity (Wildman–Crippen MR) is 214 cm³/mol. The van der Waals surface area contributed by atoms with Crippen molar-refractivity contribution in [2.24, 2.45) is 0 Å². The van der Waals surface area contributed by atoms with E-state index in [1.54, 1.807) is 12.1 Å². The molecule has 0 radical (unpaired) electrons. The number of halogens is 4. The summed E-state index contributed by atoms with van der Waals surface area (Å²) in [5.74, 6) is -1.56. The molecule has 0 bridgehead atoms. The van der Waals surface area contributed by atoms with Gasteiger partial charge in [-0.05, 0) is 76.9 Å². The molecular formula is C44H36F4O6P2. The first kappa shape index (κ1) is 37.6. The van der Waals surface area contributed by atoms with Crippen LogP contribution in [0.2, 0.25) is 0 Å². The van der Waals surface area contributed by atoms with Gasteiger partial charge in [0, 0.05) is 21.7 Å². The summed E-state index contributed by atoms with van der Waals surface area (Å²) in [6.45, 7) is 7.88. The molecule has 8 rings (SSSR count). The van der Waals surface area contributed by atoms with Crippen LogP contribution >= 0.6 is 15.8 Å². The van der Waals surface area contributed by atoms with Gasteiger partial charge in [0.15, 0.2) is 23.0 Å². The van der Waals surface area contributed by atoms with E-state index in [1.165, 1.54) is 14.2 Å². The van der Waals surface area contributed by atoms with Crippen molar-refractivity contribution in [3.8, 4) is 45.6 Å². The van der Waals surface area contributed by atoms with Gasteiger partial charge >= 0.3 is 12.6 Å². The third-order valence-electron chi connectivity index (χ3n) is 9.59. The zero-order valence-electron chi connectivity index (χ0n) is 31.2. The van der Waals surface area contributed by atoms with E-state index in [0.717, 1.165) is 43.5 Å². The second kappa shape index (κ2) is 14.3. The molecule has 0 amide bonds. The molecule has 0 spiro atoms. The van der Waals surface area contributed by atoms with Crippen molar-refractivity contribution in [2.75, 3.05) is 14.2 Å². The van der Waals surface area contributed by atoms with E-state index < -0.39 is 28.4 Å². The first-order valence-corrected chi connectivity index (χ1v) is 20.3. The Morgan fingerprint density at radius 1 is 0.411 bits per heavy atom. The number of alkyl halides is 4. The van der Waals surface area contributed by atoms with Crippen LogP contribution in [0.3, 0.4) is 0 Å². The monoisotopic (exact) mass is 798 g/mol. The highest BCUT2D eigenvalue weighted by molar-refractivity contribution is 7.80. The molecular weight excluding hydrogens is 762 g/mol. The van der Waals surface area contributed by atoms with Crippen molar-refractivity contribution in [3.05, 3.63) is 131 Å². The Morgan fingerprint density at radius 2 is 0.661 bits per heavy atom. The number of hydrogen-bond acceptors (Lipinski definition) is 6. The molecule has 56 heavy (non-hydrogen) atoms. The van der Waals surface area contributed by atoms with E-state index in [1.807, 2.05) is 125 Å². The van der Waals surface area contributed by atoms with Crippen LogP contribution in [0.4, 0.5) is 17.6 Å². The summed E-state index contributed by atoms with van der Waals surface area (Å²) < 4.78 is 94.6. The first-order valence-electron chi connectivity index (χ1n) is 17.6. The lowest BCUT2D eigenvalue weighted by molar-refractivity contribution is -0.288. The lowest BCUT2D eigenvalue weighted by Crippen LogP contribution is -2.28. The number of fused-ring (bicyclic) bond motifs is 2. The SMILES string of the molecule is COc1cc(P(c2ccc(C)cc2)c2ccc(C)cc2)c(-c2c(P(c3ccc(C)cc3)c3ccc(C)cc3)cc(OC)c3c2OC(F)(F)O3)c2c1OC(F)(F)O2. The molecule has 2 aliphatic rings. The molecule has 6 aromatic rings. The molecule has 0 fully saturated rings. The highest BCUT2D eigenvalue weighted by Gasteiger charge is 2.52. The van der Waals surface area contributed by atoms with Crippen molar-refractivity contribution in [1.82, 2.24) is 0 Å². The van der Waals surface area contributed by atoms with Gasteiger partial charge < -0.3 is 28.4 Å². The Balaban J connectivity index is 1.56. The van der Waals surface area contributed by atoms with E-state index >= 15 is 17.6 Å². The summed E-state index contributed by atoms with van der Waals surface area (Å²) in [6.07, 6.45) is -8.23. The van der Waals surface area contributed by atoms with Crippen molar-refractivity contribution in [1.29, 1.82) is 0 Å². The quantitative estimate of drug-likeness (QED) is 0.108. The van der Waals surface area contributed by atoms with E-state index in [2.05, 4.69) is 0 Å². The minimum atomic E-state index is -4.12. The first-order chi connectivity index (χ1) is 26.8. The molecule has 0 saturated carbocycles. The Morgan fingerprint density at radius 3 is 0.911 bits per heavy atom. The van der Waals surface area contributed by atoms with Crippen molar-refractivity contribution in [3.63, 3.8) is 0 Å². The summed E-state index contributed by atoms with van der Waals surface area (Å²) in [5.41, 5.74) is 4.21. The van der Waals surface area contributed by atoms with Gasteiger partial charge in [0.05, 0.1) is 14.2 Å². The standard InChI is InChI=1S/C44H36F4O6P2/c1-25-7-15-29(16-8-25)55(30-17-9-26(2)10-18-30)35-23-33(49-5)39-41(53-43(45,46)51-39)37(35)38-36(24-34(50-6)40-42(38)54-44(47,48)52-40)56(31-19-11-27(3)12-20-31)32-21-13-28(4)14-22-32/h7-24H,1-6H3. The number of aryl methyl sites for hydroxylation is 4.